The Morgan fingerprint density at radius 1 is 1.05 bits per heavy atom. The van der Waals surface area contributed by atoms with E-state index in [0.717, 1.165) is 4.31 Å². The van der Waals surface area contributed by atoms with Crippen molar-refractivity contribution in [3.63, 3.8) is 0 Å². The number of nitrogens with two attached hydrogens (primary N) is 1. The molecule has 0 saturated heterocycles. The molecule has 0 bridgehead atoms. The zero-order valence-corrected chi connectivity index (χ0v) is 13.2. The molecule has 2 aromatic carbocycles. The van der Waals surface area contributed by atoms with E-state index in [1.54, 1.807) is 24.3 Å². The van der Waals surface area contributed by atoms with Gasteiger partial charge < -0.3 is 11.1 Å². The van der Waals surface area contributed by atoms with Crippen molar-refractivity contribution < 1.29 is 8.42 Å². The molecule has 0 aromatic heterocycles. The van der Waals surface area contributed by atoms with Gasteiger partial charge in [0, 0.05) is 14.1 Å². The second-order valence-corrected chi connectivity index (χ2v) is 7.14. The Morgan fingerprint density at radius 2 is 1.67 bits per heavy atom. The van der Waals surface area contributed by atoms with Gasteiger partial charge in [-0.15, -0.1) is 0 Å². The van der Waals surface area contributed by atoms with E-state index >= 15 is 0 Å². The molecule has 0 spiro atoms. The Labute approximate surface area is 129 Å². The van der Waals surface area contributed by atoms with Crippen LogP contribution in [0.15, 0.2) is 47.4 Å². The first-order chi connectivity index (χ1) is 9.84. The second-order valence-electron chi connectivity index (χ2n) is 4.61. The van der Waals surface area contributed by atoms with E-state index in [9.17, 15) is 8.42 Å². The molecule has 0 atom stereocenters. The number of nitrogen functional groups attached to an aromatic ring is 1. The molecule has 2 rings (SSSR count). The Morgan fingerprint density at radius 3 is 2.29 bits per heavy atom. The van der Waals surface area contributed by atoms with Crippen molar-refractivity contribution in [3.8, 4) is 0 Å². The van der Waals surface area contributed by atoms with Crippen LogP contribution in [0.4, 0.5) is 17.1 Å². The summed E-state index contributed by atoms with van der Waals surface area (Å²) in [4.78, 5) is 0.0598. The monoisotopic (exact) mass is 325 g/mol. The number of rotatable bonds is 4. The summed E-state index contributed by atoms with van der Waals surface area (Å²) in [5, 5.41) is 3.58. The van der Waals surface area contributed by atoms with Gasteiger partial charge in [0.05, 0.1) is 22.1 Å². The summed E-state index contributed by atoms with van der Waals surface area (Å²) in [6.45, 7) is 0. The highest BCUT2D eigenvalue weighted by Gasteiger charge is 2.21. The lowest BCUT2D eigenvalue weighted by atomic mass is 10.2. The van der Waals surface area contributed by atoms with Gasteiger partial charge in [0.25, 0.3) is 0 Å². The first-order valence-electron chi connectivity index (χ1n) is 6.16. The molecule has 0 fully saturated rings. The first kappa shape index (κ1) is 15.6. The average Bonchev–Trinajstić information content (AvgIpc) is 2.43. The van der Waals surface area contributed by atoms with E-state index in [4.69, 9.17) is 17.3 Å². The Balaban J connectivity index is 2.47. The molecular formula is C14H16ClN3O2S. The molecule has 0 aliphatic rings. The van der Waals surface area contributed by atoms with Gasteiger partial charge in [0.2, 0.25) is 10.0 Å². The van der Waals surface area contributed by atoms with Crippen molar-refractivity contribution in [2.24, 2.45) is 0 Å². The minimum absolute atomic E-state index is 0.0598. The maximum absolute atomic E-state index is 12.2. The summed E-state index contributed by atoms with van der Waals surface area (Å²) in [6, 6.07) is 12.0. The molecular weight excluding hydrogens is 310 g/mol. The third kappa shape index (κ3) is 3.12. The van der Waals surface area contributed by atoms with E-state index in [-0.39, 0.29) is 10.6 Å². The molecule has 3 N–H and O–H groups in total. The molecule has 21 heavy (non-hydrogen) atoms. The number of anilines is 3. The Kier molecular flexibility index (Phi) is 4.41. The SMILES string of the molecule is CN(C)S(=O)(=O)c1cccc(Nc2ccccc2Cl)c1N. The van der Waals surface area contributed by atoms with Crippen LogP contribution in [-0.4, -0.2) is 26.8 Å². The molecule has 0 unspecified atom stereocenters. The van der Waals surface area contributed by atoms with Gasteiger partial charge in [0.1, 0.15) is 4.90 Å². The lowest BCUT2D eigenvalue weighted by Crippen LogP contribution is -2.23. The van der Waals surface area contributed by atoms with Crippen molar-refractivity contribution in [2.75, 3.05) is 25.1 Å². The maximum atomic E-state index is 12.2. The van der Waals surface area contributed by atoms with Crippen LogP contribution in [0.25, 0.3) is 0 Å². The van der Waals surface area contributed by atoms with Crippen LogP contribution in [0.2, 0.25) is 5.02 Å². The smallest absolute Gasteiger partial charge is 0.244 e. The third-order valence-electron chi connectivity index (χ3n) is 2.97. The number of nitrogens with one attached hydrogen (secondary N) is 1. The van der Waals surface area contributed by atoms with Crippen LogP contribution in [0.5, 0.6) is 0 Å². The van der Waals surface area contributed by atoms with E-state index in [2.05, 4.69) is 5.32 Å². The summed E-state index contributed by atoms with van der Waals surface area (Å²) >= 11 is 6.08. The highest BCUT2D eigenvalue weighted by Crippen LogP contribution is 2.32. The van der Waals surface area contributed by atoms with Crippen LogP contribution in [0.1, 0.15) is 0 Å². The van der Waals surface area contributed by atoms with Crippen LogP contribution in [0.3, 0.4) is 0 Å². The molecule has 112 valence electrons. The molecule has 0 saturated carbocycles. The fourth-order valence-electron chi connectivity index (χ4n) is 1.78. The number of halogens is 1. The lowest BCUT2D eigenvalue weighted by Gasteiger charge is -2.16. The summed E-state index contributed by atoms with van der Waals surface area (Å²) in [5.41, 5.74) is 7.30. The van der Waals surface area contributed by atoms with E-state index < -0.39 is 10.0 Å². The molecule has 0 radical (unpaired) electrons. The lowest BCUT2D eigenvalue weighted by molar-refractivity contribution is 0.521. The molecule has 2 aromatic rings. The van der Waals surface area contributed by atoms with Gasteiger partial charge in [-0.3, -0.25) is 0 Å². The van der Waals surface area contributed by atoms with Gasteiger partial charge >= 0.3 is 0 Å². The highest BCUT2D eigenvalue weighted by atomic mass is 35.5. The summed E-state index contributed by atoms with van der Waals surface area (Å²) in [7, 11) is -0.675. The number of benzene rings is 2. The predicted molar refractivity (Wildman–Crippen MR) is 86.5 cm³/mol. The van der Waals surface area contributed by atoms with E-state index in [1.807, 2.05) is 12.1 Å². The molecule has 0 heterocycles. The summed E-state index contributed by atoms with van der Waals surface area (Å²) in [5.74, 6) is 0. The number of hydrogen-bond acceptors (Lipinski definition) is 4. The summed E-state index contributed by atoms with van der Waals surface area (Å²) < 4.78 is 25.6. The quantitative estimate of drug-likeness (QED) is 0.847. The minimum Gasteiger partial charge on any atom is -0.396 e. The normalized spacial score (nSPS) is 11.6. The fraction of sp³-hybridized carbons (Fsp3) is 0.143. The van der Waals surface area contributed by atoms with Crippen molar-refractivity contribution in [1.29, 1.82) is 0 Å². The van der Waals surface area contributed by atoms with Gasteiger partial charge in [-0.25, -0.2) is 12.7 Å². The summed E-state index contributed by atoms with van der Waals surface area (Å²) in [6.07, 6.45) is 0. The molecule has 5 nitrogen and oxygen atoms in total. The molecule has 0 amide bonds. The molecule has 0 aliphatic carbocycles. The maximum Gasteiger partial charge on any atom is 0.244 e. The third-order valence-corrected chi connectivity index (χ3v) is 5.17. The van der Waals surface area contributed by atoms with Gasteiger partial charge in [-0.05, 0) is 24.3 Å². The molecule has 0 aliphatic heterocycles. The number of nitrogens with zero attached hydrogens (tertiary/aromatic N) is 1. The average molecular weight is 326 g/mol. The van der Waals surface area contributed by atoms with Crippen molar-refractivity contribution in [2.45, 2.75) is 4.90 Å². The van der Waals surface area contributed by atoms with E-state index in [0.29, 0.717) is 16.4 Å². The number of para-hydroxylation sites is 2. The Bertz CT molecular complexity index is 761. The number of sulfonamides is 1. The van der Waals surface area contributed by atoms with Crippen LogP contribution < -0.4 is 11.1 Å². The highest BCUT2D eigenvalue weighted by molar-refractivity contribution is 7.89. The molecule has 7 heteroatoms. The zero-order chi connectivity index (χ0) is 15.6. The minimum atomic E-state index is -3.60. The first-order valence-corrected chi connectivity index (χ1v) is 7.98. The largest absolute Gasteiger partial charge is 0.396 e. The number of hydrogen-bond donors (Lipinski definition) is 2. The van der Waals surface area contributed by atoms with Crippen molar-refractivity contribution in [1.82, 2.24) is 4.31 Å². The predicted octanol–water partition coefficient (Wildman–Crippen LogP) is 2.92. The van der Waals surface area contributed by atoms with Gasteiger partial charge in [0.15, 0.2) is 0 Å². The standard InChI is InChI=1S/C14H16ClN3O2S/c1-18(2)21(19,20)13-9-5-8-12(14(13)16)17-11-7-4-3-6-10(11)15/h3-9,17H,16H2,1-2H3. The van der Waals surface area contributed by atoms with Gasteiger partial charge in [-0.1, -0.05) is 29.8 Å². The van der Waals surface area contributed by atoms with Crippen LogP contribution in [-0.2, 0) is 10.0 Å². The van der Waals surface area contributed by atoms with Crippen molar-refractivity contribution in [3.05, 3.63) is 47.5 Å². The second kappa shape index (κ2) is 5.93. The zero-order valence-electron chi connectivity index (χ0n) is 11.7. The van der Waals surface area contributed by atoms with Crippen LogP contribution in [0, 0.1) is 0 Å². The van der Waals surface area contributed by atoms with Gasteiger partial charge in [-0.2, -0.15) is 0 Å². The fourth-order valence-corrected chi connectivity index (χ4v) is 3.00. The van der Waals surface area contributed by atoms with Crippen LogP contribution >= 0.6 is 11.6 Å². The topological polar surface area (TPSA) is 75.4 Å². The van der Waals surface area contributed by atoms with E-state index in [1.165, 1.54) is 20.2 Å². The van der Waals surface area contributed by atoms with Crippen molar-refractivity contribution >= 4 is 38.7 Å². The Hall–Kier alpha value is -1.76.